The number of hydrogen-bond donors (Lipinski definition) is 2. The number of carbonyl (C=O) groups excluding carboxylic acids is 1. The molecule has 26 heavy (non-hydrogen) atoms. The maximum Gasteiger partial charge on any atom is 0.416 e. The van der Waals surface area contributed by atoms with E-state index in [9.17, 15) is 18.0 Å². The number of halogens is 3. The van der Waals surface area contributed by atoms with Crippen LogP contribution in [0.1, 0.15) is 12.0 Å². The lowest BCUT2D eigenvalue weighted by Crippen LogP contribution is -2.16. The molecule has 1 amide bonds. The Bertz CT molecular complexity index is 764. The summed E-state index contributed by atoms with van der Waals surface area (Å²) in [6, 6.07) is 9.74. The van der Waals surface area contributed by atoms with Gasteiger partial charge in [0.15, 0.2) is 11.5 Å². The van der Waals surface area contributed by atoms with Gasteiger partial charge in [0, 0.05) is 30.4 Å². The van der Waals surface area contributed by atoms with Gasteiger partial charge in [-0.1, -0.05) is 6.07 Å². The van der Waals surface area contributed by atoms with Crippen LogP contribution in [0.25, 0.3) is 0 Å². The van der Waals surface area contributed by atoms with Crippen LogP contribution < -0.4 is 20.1 Å². The summed E-state index contributed by atoms with van der Waals surface area (Å²) in [6.07, 6.45) is -4.36. The third-order valence-electron chi connectivity index (χ3n) is 3.54. The summed E-state index contributed by atoms with van der Waals surface area (Å²) < 4.78 is 48.3. The number of hydrogen-bond acceptors (Lipinski definition) is 4. The molecule has 0 fully saturated rings. The minimum absolute atomic E-state index is 0.0879. The van der Waals surface area contributed by atoms with Crippen LogP contribution in [0.5, 0.6) is 11.5 Å². The quantitative estimate of drug-likeness (QED) is 0.770. The van der Waals surface area contributed by atoms with Gasteiger partial charge in [-0.05, 0) is 30.3 Å². The number of anilines is 2. The zero-order valence-electron chi connectivity index (χ0n) is 14.3. The van der Waals surface area contributed by atoms with Gasteiger partial charge in [-0.25, -0.2) is 0 Å². The molecular weight excluding hydrogens is 349 g/mol. The number of carbonyl (C=O) groups is 1. The number of nitrogens with one attached hydrogen (secondary N) is 2. The fourth-order valence-corrected chi connectivity index (χ4v) is 2.26. The molecule has 5 nitrogen and oxygen atoms in total. The number of ether oxygens (including phenoxy) is 2. The highest BCUT2D eigenvalue weighted by atomic mass is 19.4. The van der Waals surface area contributed by atoms with Crippen molar-refractivity contribution in [3.63, 3.8) is 0 Å². The molecule has 2 aromatic carbocycles. The van der Waals surface area contributed by atoms with Gasteiger partial charge in [-0.3, -0.25) is 4.79 Å². The van der Waals surface area contributed by atoms with Crippen molar-refractivity contribution in [2.45, 2.75) is 12.6 Å². The Hall–Kier alpha value is -2.90. The lowest BCUT2D eigenvalue weighted by Gasteiger charge is -2.12. The molecule has 0 spiro atoms. The first kappa shape index (κ1) is 19.4. The van der Waals surface area contributed by atoms with Gasteiger partial charge in [0.05, 0.1) is 19.8 Å². The second-order valence-corrected chi connectivity index (χ2v) is 5.37. The summed E-state index contributed by atoms with van der Waals surface area (Å²) in [7, 11) is 3.05. The molecule has 0 heterocycles. The van der Waals surface area contributed by atoms with E-state index in [-0.39, 0.29) is 12.1 Å². The number of rotatable bonds is 7. The van der Waals surface area contributed by atoms with Crippen LogP contribution >= 0.6 is 0 Å². The number of alkyl halides is 3. The summed E-state index contributed by atoms with van der Waals surface area (Å²) in [5.74, 6) is 0.739. The van der Waals surface area contributed by atoms with Crippen molar-refractivity contribution >= 4 is 17.3 Å². The van der Waals surface area contributed by atoms with Crippen LogP contribution in [0.15, 0.2) is 42.5 Å². The smallest absolute Gasteiger partial charge is 0.416 e. The fourth-order valence-electron chi connectivity index (χ4n) is 2.26. The minimum Gasteiger partial charge on any atom is -0.493 e. The van der Waals surface area contributed by atoms with Crippen molar-refractivity contribution in [3.05, 3.63) is 48.0 Å². The predicted molar refractivity (Wildman–Crippen MR) is 92.7 cm³/mol. The van der Waals surface area contributed by atoms with Gasteiger partial charge in [-0.2, -0.15) is 13.2 Å². The van der Waals surface area contributed by atoms with Crippen LogP contribution in [0, 0.1) is 0 Å². The molecule has 0 unspecified atom stereocenters. The largest absolute Gasteiger partial charge is 0.493 e. The molecule has 0 saturated carbocycles. The molecule has 140 valence electrons. The Balaban J connectivity index is 1.88. The first-order chi connectivity index (χ1) is 12.3. The molecule has 0 aliphatic carbocycles. The average molecular weight is 368 g/mol. The Morgan fingerprint density at radius 3 is 2.38 bits per heavy atom. The average Bonchev–Trinajstić information content (AvgIpc) is 2.61. The number of methoxy groups -OCH3 is 2. The molecule has 2 N–H and O–H groups in total. The van der Waals surface area contributed by atoms with Gasteiger partial charge in [-0.15, -0.1) is 0 Å². The maximum atomic E-state index is 12.7. The highest BCUT2D eigenvalue weighted by Crippen LogP contribution is 2.31. The third-order valence-corrected chi connectivity index (χ3v) is 3.54. The van der Waals surface area contributed by atoms with Crippen LogP contribution in [0.4, 0.5) is 24.5 Å². The third kappa shape index (κ3) is 5.30. The normalized spacial score (nSPS) is 11.0. The van der Waals surface area contributed by atoms with E-state index in [1.807, 2.05) is 0 Å². The van der Waals surface area contributed by atoms with Crippen molar-refractivity contribution in [3.8, 4) is 11.5 Å². The molecule has 0 aromatic heterocycles. The first-order valence-electron chi connectivity index (χ1n) is 7.76. The van der Waals surface area contributed by atoms with Crippen LogP contribution in [0.2, 0.25) is 0 Å². The molecule has 2 aromatic rings. The van der Waals surface area contributed by atoms with E-state index in [2.05, 4.69) is 10.6 Å². The monoisotopic (exact) mass is 368 g/mol. The zero-order valence-corrected chi connectivity index (χ0v) is 14.3. The predicted octanol–water partition coefficient (Wildman–Crippen LogP) is 4.16. The number of benzene rings is 2. The van der Waals surface area contributed by atoms with Gasteiger partial charge >= 0.3 is 6.18 Å². The molecule has 0 aliphatic rings. The molecule has 0 saturated heterocycles. The second-order valence-electron chi connectivity index (χ2n) is 5.37. The van der Waals surface area contributed by atoms with E-state index in [0.717, 1.165) is 17.8 Å². The van der Waals surface area contributed by atoms with E-state index in [1.165, 1.54) is 26.4 Å². The highest BCUT2D eigenvalue weighted by Gasteiger charge is 2.30. The fraction of sp³-hybridized carbons (Fsp3) is 0.278. The Kier molecular flexibility index (Phi) is 6.32. The van der Waals surface area contributed by atoms with E-state index in [0.29, 0.717) is 18.0 Å². The van der Waals surface area contributed by atoms with Crippen LogP contribution in [0.3, 0.4) is 0 Å². The van der Waals surface area contributed by atoms with Crippen LogP contribution in [-0.2, 0) is 11.0 Å². The Labute approximate surface area is 149 Å². The molecule has 8 heteroatoms. The van der Waals surface area contributed by atoms with Gasteiger partial charge in [0.2, 0.25) is 5.91 Å². The molecule has 0 bridgehead atoms. The van der Waals surface area contributed by atoms with Crippen molar-refractivity contribution in [1.82, 2.24) is 0 Å². The van der Waals surface area contributed by atoms with Gasteiger partial charge in [0.1, 0.15) is 0 Å². The molecule has 0 aliphatic heterocycles. The van der Waals surface area contributed by atoms with Gasteiger partial charge in [0.25, 0.3) is 0 Å². The van der Waals surface area contributed by atoms with E-state index in [4.69, 9.17) is 9.47 Å². The highest BCUT2D eigenvalue weighted by molar-refractivity contribution is 5.91. The molecular formula is C18H19F3N2O3. The maximum absolute atomic E-state index is 12.7. The summed E-state index contributed by atoms with van der Waals surface area (Å²) in [5.41, 5.74) is 0.0317. The van der Waals surface area contributed by atoms with E-state index in [1.54, 1.807) is 18.2 Å². The summed E-state index contributed by atoms with van der Waals surface area (Å²) in [5, 5.41) is 5.50. The molecule has 2 rings (SSSR count). The van der Waals surface area contributed by atoms with E-state index >= 15 is 0 Å². The second kappa shape index (κ2) is 8.46. The Morgan fingerprint density at radius 1 is 1.00 bits per heavy atom. The topological polar surface area (TPSA) is 59.6 Å². The molecule has 0 radical (unpaired) electrons. The summed E-state index contributed by atoms with van der Waals surface area (Å²) in [4.78, 5) is 11.9. The summed E-state index contributed by atoms with van der Waals surface area (Å²) >= 11 is 0. The van der Waals surface area contributed by atoms with Gasteiger partial charge < -0.3 is 20.1 Å². The standard InChI is InChI=1S/C18H19F3N2O3/c1-25-15-7-6-13(11-16(15)26-2)22-9-8-17(24)23-14-5-3-4-12(10-14)18(19,20)21/h3-7,10-11,22H,8-9H2,1-2H3,(H,23,24). The van der Waals surface area contributed by atoms with Crippen molar-refractivity contribution in [1.29, 1.82) is 0 Å². The minimum atomic E-state index is -4.45. The van der Waals surface area contributed by atoms with Crippen molar-refractivity contribution in [2.75, 3.05) is 31.4 Å². The summed E-state index contributed by atoms with van der Waals surface area (Å²) in [6.45, 7) is 0.306. The lowest BCUT2D eigenvalue weighted by molar-refractivity contribution is -0.137. The molecule has 0 atom stereocenters. The van der Waals surface area contributed by atoms with E-state index < -0.39 is 17.6 Å². The van der Waals surface area contributed by atoms with Crippen LogP contribution in [-0.4, -0.2) is 26.7 Å². The SMILES string of the molecule is COc1ccc(NCCC(=O)Nc2cccc(C(F)(F)F)c2)cc1OC. The lowest BCUT2D eigenvalue weighted by atomic mass is 10.2. The van der Waals surface area contributed by atoms with Crippen molar-refractivity contribution in [2.24, 2.45) is 0 Å². The van der Waals surface area contributed by atoms with Crippen molar-refractivity contribution < 1.29 is 27.4 Å². The number of amides is 1. The Morgan fingerprint density at radius 2 is 1.73 bits per heavy atom. The first-order valence-corrected chi connectivity index (χ1v) is 7.76. The zero-order chi connectivity index (χ0) is 19.2.